The molecule has 5 nitrogen and oxygen atoms in total. The third kappa shape index (κ3) is 5.33. The van der Waals surface area contributed by atoms with Gasteiger partial charge in [-0.25, -0.2) is 0 Å². The lowest BCUT2D eigenvalue weighted by Gasteiger charge is -2.27. The van der Waals surface area contributed by atoms with Crippen molar-refractivity contribution in [1.29, 1.82) is 0 Å². The fourth-order valence-corrected chi connectivity index (χ4v) is 3.91. The average Bonchev–Trinajstić information content (AvgIpc) is 3.51. The van der Waals surface area contributed by atoms with Crippen molar-refractivity contribution in [3.63, 3.8) is 0 Å². The number of hydrogen-bond donors (Lipinski definition) is 0. The number of carbonyl (C=O) groups excluding carboxylic acids is 1. The standard InChI is InChI=1S/C21H22F3NO4S/c1-14(2)25(20(26)16-8-9-16)13-15-6-10-18(11-7-15)29-30(27,28)19-5-3-4-17(12-19)21(22,23)24/h3-7,10-12,14,16H,8-9,13H2,1-2H3. The number of carbonyl (C=O) groups is 1. The summed E-state index contributed by atoms with van der Waals surface area (Å²) in [6.07, 6.45) is -2.85. The molecule has 0 unspecified atom stereocenters. The van der Waals surface area contributed by atoms with Crippen LogP contribution in [0, 0.1) is 5.92 Å². The molecular weight excluding hydrogens is 419 g/mol. The van der Waals surface area contributed by atoms with Gasteiger partial charge >= 0.3 is 16.3 Å². The van der Waals surface area contributed by atoms with Crippen molar-refractivity contribution in [1.82, 2.24) is 4.90 Å². The molecule has 0 radical (unpaired) electrons. The summed E-state index contributed by atoms with van der Waals surface area (Å²) < 4.78 is 68.2. The molecule has 0 spiro atoms. The van der Waals surface area contributed by atoms with Crippen LogP contribution in [0.2, 0.25) is 0 Å². The van der Waals surface area contributed by atoms with E-state index in [2.05, 4.69) is 0 Å². The first kappa shape index (κ1) is 22.1. The molecule has 2 aromatic rings. The molecule has 0 heterocycles. The number of hydrogen-bond acceptors (Lipinski definition) is 4. The zero-order chi connectivity index (χ0) is 22.1. The van der Waals surface area contributed by atoms with Gasteiger partial charge in [0.25, 0.3) is 0 Å². The maximum atomic E-state index is 12.8. The molecule has 2 aromatic carbocycles. The molecule has 1 saturated carbocycles. The molecule has 0 aliphatic heterocycles. The Balaban J connectivity index is 1.72. The number of halogens is 3. The summed E-state index contributed by atoms with van der Waals surface area (Å²) in [7, 11) is -4.43. The van der Waals surface area contributed by atoms with E-state index in [0.29, 0.717) is 12.6 Å². The van der Waals surface area contributed by atoms with Gasteiger partial charge in [0.1, 0.15) is 10.6 Å². The van der Waals surface area contributed by atoms with Gasteiger partial charge in [0.2, 0.25) is 5.91 Å². The lowest BCUT2D eigenvalue weighted by atomic mass is 10.1. The second kappa shape index (κ2) is 8.29. The third-order valence-corrected chi connectivity index (χ3v) is 6.01. The van der Waals surface area contributed by atoms with Crippen molar-refractivity contribution >= 4 is 16.0 Å². The summed E-state index contributed by atoms with van der Waals surface area (Å²) in [5.74, 6) is 0.172. The summed E-state index contributed by atoms with van der Waals surface area (Å²) >= 11 is 0. The lowest BCUT2D eigenvalue weighted by molar-refractivity contribution is -0.138. The summed E-state index contributed by atoms with van der Waals surface area (Å²) in [5, 5.41) is 0. The largest absolute Gasteiger partial charge is 0.416 e. The Morgan fingerprint density at radius 1 is 1.13 bits per heavy atom. The highest BCUT2D eigenvalue weighted by molar-refractivity contribution is 7.87. The molecule has 1 aliphatic carbocycles. The van der Waals surface area contributed by atoms with E-state index in [1.807, 2.05) is 13.8 Å². The number of benzene rings is 2. The number of alkyl halides is 3. The molecule has 0 N–H and O–H groups in total. The fourth-order valence-electron chi connectivity index (χ4n) is 2.93. The number of amides is 1. The van der Waals surface area contributed by atoms with Gasteiger partial charge in [-0.05, 0) is 62.6 Å². The van der Waals surface area contributed by atoms with Crippen molar-refractivity contribution in [2.24, 2.45) is 5.92 Å². The summed E-state index contributed by atoms with van der Waals surface area (Å²) in [5.41, 5.74) is -0.279. The molecule has 9 heteroatoms. The van der Waals surface area contributed by atoms with E-state index in [0.717, 1.165) is 36.6 Å². The second-order valence-corrected chi connectivity index (χ2v) is 9.09. The first-order valence-electron chi connectivity index (χ1n) is 9.48. The van der Waals surface area contributed by atoms with Gasteiger partial charge in [-0.1, -0.05) is 18.2 Å². The van der Waals surface area contributed by atoms with Crippen LogP contribution in [-0.4, -0.2) is 25.3 Å². The Kier molecular flexibility index (Phi) is 6.12. The maximum Gasteiger partial charge on any atom is 0.416 e. The highest BCUT2D eigenvalue weighted by Gasteiger charge is 2.34. The first-order valence-corrected chi connectivity index (χ1v) is 10.9. The van der Waals surface area contributed by atoms with Gasteiger partial charge in [-0.15, -0.1) is 0 Å². The van der Waals surface area contributed by atoms with Gasteiger partial charge < -0.3 is 9.08 Å². The van der Waals surface area contributed by atoms with Gasteiger partial charge in [-0.2, -0.15) is 21.6 Å². The van der Waals surface area contributed by atoms with E-state index < -0.39 is 26.8 Å². The zero-order valence-electron chi connectivity index (χ0n) is 16.5. The Bertz CT molecular complexity index is 1010. The Hall–Kier alpha value is -2.55. The van der Waals surface area contributed by atoms with Crippen molar-refractivity contribution < 1.29 is 30.6 Å². The third-order valence-electron chi connectivity index (χ3n) is 4.77. The molecule has 3 rings (SSSR count). The molecule has 0 aromatic heterocycles. The van der Waals surface area contributed by atoms with Crippen LogP contribution in [0.3, 0.4) is 0 Å². The Labute approximate surface area is 173 Å². The molecule has 1 aliphatic rings. The van der Waals surface area contributed by atoms with Crippen LogP contribution in [0.5, 0.6) is 5.75 Å². The lowest BCUT2D eigenvalue weighted by Crippen LogP contribution is -2.37. The van der Waals surface area contributed by atoms with E-state index in [-0.39, 0.29) is 23.6 Å². The van der Waals surface area contributed by atoms with Crippen molar-refractivity contribution in [3.8, 4) is 5.75 Å². The van der Waals surface area contributed by atoms with E-state index >= 15 is 0 Å². The molecular formula is C21H22F3NO4S. The quantitative estimate of drug-likeness (QED) is 0.588. The summed E-state index contributed by atoms with van der Waals surface area (Å²) in [6.45, 7) is 4.24. The molecule has 0 bridgehead atoms. The van der Waals surface area contributed by atoms with E-state index in [1.54, 1.807) is 17.0 Å². The van der Waals surface area contributed by atoms with Crippen LogP contribution >= 0.6 is 0 Å². The van der Waals surface area contributed by atoms with Gasteiger partial charge in [-0.3, -0.25) is 4.79 Å². The van der Waals surface area contributed by atoms with E-state index in [4.69, 9.17) is 4.18 Å². The molecule has 1 fully saturated rings. The monoisotopic (exact) mass is 441 g/mol. The highest BCUT2D eigenvalue weighted by Crippen LogP contribution is 2.33. The summed E-state index contributed by atoms with van der Waals surface area (Å²) in [6, 6.07) is 9.50. The van der Waals surface area contributed by atoms with Crippen molar-refractivity contribution in [2.45, 2.75) is 50.3 Å². The van der Waals surface area contributed by atoms with Crippen LogP contribution in [0.15, 0.2) is 53.4 Å². The van der Waals surface area contributed by atoms with Crippen LogP contribution in [0.25, 0.3) is 0 Å². The predicted octanol–water partition coefficient (Wildman–Crippen LogP) is 4.62. The first-order chi connectivity index (χ1) is 14.0. The predicted molar refractivity (Wildman–Crippen MR) is 104 cm³/mol. The van der Waals surface area contributed by atoms with Gasteiger partial charge in [0.05, 0.1) is 5.56 Å². The Morgan fingerprint density at radius 2 is 1.77 bits per heavy atom. The molecule has 0 saturated heterocycles. The minimum Gasteiger partial charge on any atom is -0.379 e. The van der Waals surface area contributed by atoms with Crippen LogP contribution in [0.4, 0.5) is 13.2 Å². The Morgan fingerprint density at radius 3 is 2.30 bits per heavy atom. The average molecular weight is 441 g/mol. The topological polar surface area (TPSA) is 63.7 Å². The molecule has 0 atom stereocenters. The summed E-state index contributed by atoms with van der Waals surface area (Å²) in [4.78, 5) is 13.6. The smallest absolute Gasteiger partial charge is 0.379 e. The number of nitrogens with zero attached hydrogens (tertiary/aromatic N) is 1. The van der Waals surface area contributed by atoms with Crippen LogP contribution in [0.1, 0.15) is 37.8 Å². The van der Waals surface area contributed by atoms with Gasteiger partial charge in [0, 0.05) is 18.5 Å². The normalized spacial score (nSPS) is 14.6. The van der Waals surface area contributed by atoms with Crippen molar-refractivity contribution in [2.75, 3.05) is 0 Å². The SMILES string of the molecule is CC(C)N(Cc1ccc(OS(=O)(=O)c2cccc(C(F)(F)F)c2)cc1)C(=O)C1CC1. The minimum absolute atomic E-state index is 0.0234. The van der Waals surface area contributed by atoms with Crippen molar-refractivity contribution in [3.05, 3.63) is 59.7 Å². The zero-order valence-corrected chi connectivity index (χ0v) is 17.3. The number of rotatable bonds is 7. The minimum atomic E-state index is -4.66. The van der Waals surface area contributed by atoms with E-state index in [9.17, 15) is 26.4 Å². The van der Waals surface area contributed by atoms with Gasteiger partial charge in [0.15, 0.2) is 0 Å². The second-order valence-electron chi connectivity index (χ2n) is 7.54. The molecule has 30 heavy (non-hydrogen) atoms. The van der Waals surface area contributed by atoms with Crippen LogP contribution in [-0.2, 0) is 27.6 Å². The highest BCUT2D eigenvalue weighted by atomic mass is 32.2. The van der Waals surface area contributed by atoms with E-state index in [1.165, 1.54) is 12.1 Å². The fraction of sp³-hybridized carbons (Fsp3) is 0.381. The molecule has 162 valence electrons. The molecule has 1 amide bonds. The van der Waals surface area contributed by atoms with Crippen LogP contribution < -0.4 is 4.18 Å². The maximum absolute atomic E-state index is 12.8.